The van der Waals surface area contributed by atoms with Crippen LogP contribution >= 0.6 is 0 Å². The summed E-state index contributed by atoms with van der Waals surface area (Å²) in [7, 11) is 0. The Balaban J connectivity index is 2.00. The molecule has 2 atom stereocenters. The zero-order valence-corrected chi connectivity index (χ0v) is 11.2. The third-order valence-corrected chi connectivity index (χ3v) is 3.99. The predicted octanol–water partition coefficient (Wildman–Crippen LogP) is 2.11. The lowest BCUT2D eigenvalue weighted by Gasteiger charge is -2.39. The van der Waals surface area contributed by atoms with Crippen LogP contribution in [0.4, 0.5) is 0 Å². The number of nitrogens with zero attached hydrogens (tertiary/aromatic N) is 3. The first kappa shape index (κ1) is 11.6. The van der Waals surface area contributed by atoms with Gasteiger partial charge in [-0.05, 0) is 12.8 Å². The van der Waals surface area contributed by atoms with Crippen molar-refractivity contribution in [2.45, 2.75) is 52.1 Å². The molecule has 96 valence electrons. The van der Waals surface area contributed by atoms with Crippen molar-refractivity contribution in [2.75, 3.05) is 0 Å². The van der Waals surface area contributed by atoms with Gasteiger partial charge in [0.05, 0.1) is 11.7 Å². The molecule has 0 spiro atoms. The van der Waals surface area contributed by atoms with Crippen molar-refractivity contribution in [3.63, 3.8) is 0 Å². The van der Waals surface area contributed by atoms with Crippen LogP contribution in [0.3, 0.4) is 0 Å². The molecule has 1 amide bonds. The summed E-state index contributed by atoms with van der Waals surface area (Å²) in [4.78, 5) is 23.2. The van der Waals surface area contributed by atoms with Crippen molar-refractivity contribution in [1.82, 2.24) is 14.9 Å². The van der Waals surface area contributed by atoms with Crippen molar-refractivity contribution in [3.05, 3.63) is 23.8 Å². The van der Waals surface area contributed by atoms with Crippen LogP contribution in [0.1, 0.15) is 50.9 Å². The van der Waals surface area contributed by atoms with E-state index in [2.05, 4.69) is 14.9 Å². The monoisotopic (exact) mass is 245 g/mol. The van der Waals surface area contributed by atoms with Crippen molar-refractivity contribution in [3.8, 4) is 0 Å². The minimum absolute atomic E-state index is 0.201. The van der Waals surface area contributed by atoms with Gasteiger partial charge in [0, 0.05) is 29.6 Å². The molecular formula is C14H19N3O. The van der Waals surface area contributed by atoms with Crippen LogP contribution in [0.2, 0.25) is 0 Å². The van der Waals surface area contributed by atoms with E-state index in [9.17, 15) is 4.79 Å². The third kappa shape index (κ3) is 1.62. The van der Waals surface area contributed by atoms with Crippen molar-refractivity contribution >= 4 is 5.91 Å². The van der Waals surface area contributed by atoms with Crippen molar-refractivity contribution in [2.24, 2.45) is 5.41 Å². The van der Waals surface area contributed by atoms with Gasteiger partial charge in [0.2, 0.25) is 5.91 Å². The van der Waals surface area contributed by atoms with Crippen LogP contribution in [-0.4, -0.2) is 26.8 Å². The molecule has 1 aromatic rings. The number of amides is 1. The normalized spacial score (nSPS) is 26.1. The number of carbonyl (C=O) groups is 1. The van der Waals surface area contributed by atoms with E-state index in [0.29, 0.717) is 6.04 Å². The summed E-state index contributed by atoms with van der Waals surface area (Å²) in [5, 5.41) is 0. The first-order valence-electron chi connectivity index (χ1n) is 6.60. The van der Waals surface area contributed by atoms with Gasteiger partial charge in [-0.1, -0.05) is 20.8 Å². The molecule has 1 fully saturated rings. The second-order valence-electron chi connectivity index (χ2n) is 6.34. The zero-order valence-electron chi connectivity index (χ0n) is 11.2. The van der Waals surface area contributed by atoms with Crippen LogP contribution in [0.15, 0.2) is 12.5 Å². The van der Waals surface area contributed by atoms with E-state index in [-0.39, 0.29) is 17.4 Å². The molecule has 0 radical (unpaired) electrons. The summed E-state index contributed by atoms with van der Waals surface area (Å²) in [6, 6.07) is 0.538. The molecule has 1 saturated heterocycles. The lowest BCUT2D eigenvalue weighted by Crippen LogP contribution is -2.47. The summed E-state index contributed by atoms with van der Waals surface area (Å²) >= 11 is 0. The predicted molar refractivity (Wildman–Crippen MR) is 67.8 cm³/mol. The number of hydrogen-bond donors (Lipinski definition) is 0. The minimum atomic E-state index is -0.312. The van der Waals surface area contributed by atoms with Crippen LogP contribution in [0.5, 0.6) is 0 Å². The highest BCUT2D eigenvalue weighted by Gasteiger charge is 2.45. The molecule has 1 aromatic heterocycles. The maximum absolute atomic E-state index is 12.6. The Labute approximate surface area is 107 Å². The first-order valence-corrected chi connectivity index (χ1v) is 6.60. The van der Waals surface area contributed by atoms with Crippen LogP contribution in [0.25, 0.3) is 0 Å². The molecule has 0 N–H and O–H groups in total. The van der Waals surface area contributed by atoms with E-state index in [4.69, 9.17) is 0 Å². The maximum Gasteiger partial charge on any atom is 0.228 e. The van der Waals surface area contributed by atoms with E-state index in [1.54, 1.807) is 6.33 Å². The molecule has 2 bridgehead atoms. The second-order valence-corrected chi connectivity index (χ2v) is 6.34. The molecule has 4 heteroatoms. The summed E-state index contributed by atoms with van der Waals surface area (Å²) in [6.07, 6.45) is 6.52. The number of fused-ring (bicyclic) bond motifs is 4. The summed E-state index contributed by atoms with van der Waals surface area (Å²) in [5.41, 5.74) is 1.98. The standard InChI is InChI=1S/C14H19N3O/c1-14(2,3)13(18)17-9-4-5-12(17)10-7-15-8-16-11(10)6-9/h7-9,12H,4-6H2,1-3H3. The fraction of sp³-hybridized carbons (Fsp3) is 0.643. The van der Waals surface area contributed by atoms with E-state index >= 15 is 0 Å². The number of aromatic nitrogens is 2. The lowest BCUT2D eigenvalue weighted by molar-refractivity contribution is -0.143. The van der Waals surface area contributed by atoms with E-state index in [0.717, 1.165) is 30.5 Å². The fourth-order valence-electron chi connectivity index (χ4n) is 3.12. The largest absolute Gasteiger partial charge is 0.332 e. The van der Waals surface area contributed by atoms with Gasteiger partial charge in [0.15, 0.2) is 0 Å². The molecule has 0 aromatic carbocycles. The van der Waals surface area contributed by atoms with Crippen LogP contribution < -0.4 is 0 Å². The molecule has 0 aliphatic carbocycles. The van der Waals surface area contributed by atoms with Crippen molar-refractivity contribution in [1.29, 1.82) is 0 Å². The Bertz CT molecular complexity index is 492. The maximum atomic E-state index is 12.6. The Morgan fingerprint density at radius 3 is 2.89 bits per heavy atom. The fourth-order valence-corrected chi connectivity index (χ4v) is 3.12. The molecule has 2 unspecified atom stereocenters. The molecule has 3 heterocycles. The van der Waals surface area contributed by atoms with Crippen LogP contribution in [0, 0.1) is 5.41 Å². The molecule has 18 heavy (non-hydrogen) atoms. The topological polar surface area (TPSA) is 46.1 Å². The van der Waals surface area contributed by atoms with Gasteiger partial charge in [-0.25, -0.2) is 9.97 Å². The van der Waals surface area contributed by atoms with Gasteiger partial charge in [-0.2, -0.15) is 0 Å². The number of hydrogen-bond acceptors (Lipinski definition) is 3. The molecule has 3 rings (SSSR count). The van der Waals surface area contributed by atoms with Gasteiger partial charge in [-0.15, -0.1) is 0 Å². The zero-order chi connectivity index (χ0) is 12.9. The van der Waals surface area contributed by atoms with Gasteiger partial charge in [0.1, 0.15) is 6.33 Å². The molecular weight excluding hydrogens is 226 g/mol. The van der Waals surface area contributed by atoms with Crippen LogP contribution in [-0.2, 0) is 11.2 Å². The second kappa shape index (κ2) is 3.77. The lowest BCUT2D eigenvalue weighted by atomic mass is 9.90. The van der Waals surface area contributed by atoms with Crippen molar-refractivity contribution < 1.29 is 4.79 Å². The Kier molecular flexibility index (Phi) is 2.44. The van der Waals surface area contributed by atoms with Gasteiger partial charge in [-0.3, -0.25) is 4.79 Å². The molecule has 0 saturated carbocycles. The van der Waals surface area contributed by atoms with E-state index in [1.165, 1.54) is 0 Å². The summed E-state index contributed by atoms with van der Waals surface area (Å²) in [5.74, 6) is 0.254. The molecule has 4 nitrogen and oxygen atoms in total. The Hall–Kier alpha value is -1.45. The highest BCUT2D eigenvalue weighted by Crippen LogP contribution is 2.44. The average Bonchev–Trinajstić information content (AvgIpc) is 2.62. The number of rotatable bonds is 0. The van der Waals surface area contributed by atoms with E-state index in [1.807, 2.05) is 27.0 Å². The summed E-state index contributed by atoms with van der Waals surface area (Å²) < 4.78 is 0. The first-order chi connectivity index (χ1) is 8.48. The SMILES string of the molecule is CC(C)(C)C(=O)N1C2CCC1c1cncnc1C2. The highest BCUT2D eigenvalue weighted by molar-refractivity contribution is 5.83. The Morgan fingerprint density at radius 1 is 1.39 bits per heavy atom. The third-order valence-electron chi connectivity index (χ3n) is 3.99. The average molecular weight is 245 g/mol. The quantitative estimate of drug-likeness (QED) is 0.703. The summed E-state index contributed by atoms with van der Waals surface area (Å²) in [6.45, 7) is 5.98. The molecule has 2 aliphatic heterocycles. The number of carbonyl (C=O) groups excluding carboxylic acids is 1. The highest BCUT2D eigenvalue weighted by atomic mass is 16.2. The molecule has 2 aliphatic rings. The van der Waals surface area contributed by atoms with Gasteiger partial charge in [0.25, 0.3) is 0 Å². The van der Waals surface area contributed by atoms with Gasteiger partial charge < -0.3 is 4.90 Å². The smallest absolute Gasteiger partial charge is 0.228 e. The minimum Gasteiger partial charge on any atom is -0.332 e. The van der Waals surface area contributed by atoms with E-state index < -0.39 is 0 Å². The Morgan fingerprint density at radius 2 is 2.17 bits per heavy atom. The van der Waals surface area contributed by atoms with Gasteiger partial charge >= 0.3 is 0 Å².